The monoisotopic (exact) mass is 490 g/mol. The first-order chi connectivity index (χ1) is 12.6. The highest BCUT2D eigenvalue weighted by atomic mass is 127. The van der Waals surface area contributed by atoms with Gasteiger partial charge in [0.2, 0.25) is 0 Å². The number of ether oxygens (including phenoxy) is 2. The summed E-state index contributed by atoms with van der Waals surface area (Å²) < 4.78 is 10.7. The number of anilines is 1. The van der Waals surface area contributed by atoms with E-state index in [1.165, 1.54) is 19.4 Å². The Kier molecular flexibility index (Phi) is 10.8. The predicted molar refractivity (Wildman–Crippen MR) is 124 cm³/mol. The maximum atomic E-state index is 5.38. The lowest BCUT2D eigenvalue weighted by Crippen LogP contribution is -2.41. The molecule has 27 heavy (non-hydrogen) atoms. The Morgan fingerprint density at radius 1 is 1.26 bits per heavy atom. The molecule has 7 heteroatoms. The molecule has 6 nitrogen and oxygen atoms in total. The summed E-state index contributed by atoms with van der Waals surface area (Å²) in [7, 11) is 3.28. The van der Waals surface area contributed by atoms with Crippen molar-refractivity contribution in [1.29, 1.82) is 0 Å². The fourth-order valence-electron chi connectivity index (χ4n) is 3.29. The molecule has 1 aliphatic heterocycles. The summed E-state index contributed by atoms with van der Waals surface area (Å²) in [6, 6.07) is 6.40. The molecule has 1 aromatic carbocycles. The van der Waals surface area contributed by atoms with E-state index in [4.69, 9.17) is 14.5 Å². The molecule has 1 atom stereocenters. The minimum absolute atomic E-state index is 0. The van der Waals surface area contributed by atoms with Crippen LogP contribution in [0, 0.1) is 5.92 Å². The van der Waals surface area contributed by atoms with E-state index in [0.29, 0.717) is 17.7 Å². The van der Waals surface area contributed by atoms with Crippen LogP contribution in [0.2, 0.25) is 0 Å². The van der Waals surface area contributed by atoms with Crippen LogP contribution < -0.4 is 20.1 Å². The van der Waals surface area contributed by atoms with Crippen molar-refractivity contribution in [1.82, 2.24) is 10.2 Å². The SMILES string of the molecule is CCNC(=NCC1CCCN(C(C)C)C1)Nc1ccc(OC)c(OC)c1.I. The van der Waals surface area contributed by atoms with E-state index < -0.39 is 0 Å². The van der Waals surface area contributed by atoms with Crippen molar-refractivity contribution in [3.05, 3.63) is 18.2 Å². The molecule has 1 unspecified atom stereocenters. The number of methoxy groups -OCH3 is 2. The molecule has 0 amide bonds. The average molecular weight is 490 g/mol. The zero-order valence-electron chi connectivity index (χ0n) is 17.2. The first kappa shape index (κ1) is 23.8. The number of hydrogen-bond acceptors (Lipinski definition) is 4. The maximum Gasteiger partial charge on any atom is 0.195 e. The van der Waals surface area contributed by atoms with Gasteiger partial charge in [-0.1, -0.05) is 0 Å². The van der Waals surface area contributed by atoms with Crippen molar-refractivity contribution in [3.63, 3.8) is 0 Å². The van der Waals surface area contributed by atoms with Gasteiger partial charge in [0, 0.05) is 37.4 Å². The molecule has 0 saturated carbocycles. The Balaban J connectivity index is 0.00000364. The van der Waals surface area contributed by atoms with Crippen LogP contribution in [-0.4, -0.2) is 57.3 Å². The Morgan fingerprint density at radius 3 is 2.63 bits per heavy atom. The van der Waals surface area contributed by atoms with Crippen molar-refractivity contribution >= 4 is 35.6 Å². The van der Waals surface area contributed by atoms with Crippen LogP contribution in [0.4, 0.5) is 5.69 Å². The lowest BCUT2D eigenvalue weighted by molar-refractivity contribution is 0.143. The second kappa shape index (κ2) is 12.3. The molecule has 2 rings (SSSR count). The highest BCUT2D eigenvalue weighted by molar-refractivity contribution is 14.0. The van der Waals surface area contributed by atoms with Gasteiger partial charge >= 0.3 is 0 Å². The number of guanidine groups is 1. The molecule has 0 spiro atoms. The first-order valence-electron chi connectivity index (χ1n) is 9.58. The number of rotatable bonds is 7. The number of nitrogens with one attached hydrogen (secondary N) is 2. The van der Waals surface area contributed by atoms with Gasteiger partial charge in [0.15, 0.2) is 17.5 Å². The van der Waals surface area contributed by atoms with E-state index in [1.54, 1.807) is 14.2 Å². The molecule has 1 fully saturated rings. The number of nitrogens with zero attached hydrogens (tertiary/aromatic N) is 2. The molecular formula is C20H35IN4O2. The normalized spacial score (nSPS) is 18.0. The van der Waals surface area contributed by atoms with Crippen molar-refractivity contribution < 1.29 is 9.47 Å². The van der Waals surface area contributed by atoms with Crippen molar-refractivity contribution in [3.8, 4) is 11.5 Å². The van der Waals surface area contributed by atoms with Crippen LogP contribution in [0.15, 0.2) is 23.2 Å². The highest BCUT2D eigenvalue weighted by Crippen LogP contribution is 2.29. The number of piperidine rings is 1. The van der Waals surface area contributed by atoms with Gasteiger partial charge in [-0.3, -0.25) is 4.99 Å². The Labute approximate surface area is 181 Å². The molecule has 0 aromatic heterocycles. The predicted octanol–water partition coefficient (Wildman–Crippen LogP) is 3.82. The number of halogens is 1. The molecule has 0 radical (unpaired) electrons. The maximum absolute atomic E-state index is 5.38. The third-order valence-electron chi connectivity index (χ3n) is 4.78. The number of hydrogen-bond donors (Lipinski definition) is 2. The van der Waals surface area contributed by atoms with Crippen molar-refractivity contribution in [2.45, 2.75) is 39.7 Å². The van der Waals surface area contributed by atoms with E-state index in [1.807, 2.05) is 18.2 Å². The minimum Gasteiger partial charge on any atom is -0.493 e. The molecule has 0 aliphatic carbocycles. The fourth-order valence-corrected chi connectivity index (χ4v) is 3.29. The van der Waals surface area contributed by atoms with Crippen LogP contribution in [-0.2, 0) is 0 Å². The summed E-state index contributed by atoms with van der Waals surface area (Å²) in [5.74, 6) is 2.84. The van der Waals surface area contributed by atoms with Crippen LogP contribution >= 0.6 is 24.0 Å². The van der Waals surface area contributed by atoms with Crippen LogP contribution in [0.1, 0.15) is 33.6 Å². The van der Waals surface area contributed by atoms with Crippen molar-refractivity contribution in [2.24, 2.45) is 10.9 Å². The van der Waals surface area contributed by atoms with Gasteiger partial charge in [0.1, 0.15) is 0 Å². The van der Waals surface area contributed by atoms with Gasteiger partial charge in [-0.05, 0) is 58.2 Å². The lowest BCUT2D eigenvalue weighted by atomic mass is 9.97. The molecule has 0 bridgehead atoms. The third-order valence-corrected chi connectivity index (χ3v) is 4.78. The Bertz CT molecular complexity index is 595. The van der Waals surface area contributed by atoms with Gasteiger partial charge in [0.25, 0.3) is 0 Å². The second-order valence-electron chi connectivity index (χ2n) is 7.01. The summed E-state index contributed by atoms with van der Waals surface area (Å²) >= 11 is 0. The van der Waals surface area contributed by atoms with Gasteiger partial charge in [0.05, 0.1) is 14.2 Å². The quantitative estimate of drug-likeness (QED) is 0.346. The largest absolute Gasteiger partial charge is 0.493 e. The third kappa shape index (κ3) is 7.37. The zero-order valence-corrected chi connectivity index (χ0v) is 19.6. The topological polar surface area (TPSA) is 58.1 Å². The zero-order chi connectivity index (χ0) is 18.9. The summed E-state index contributed by atoms with van der Waals surface area (Å²) in [6.07, 6.45) is 2.51. The molecule has 1 aliphatic rings. The molecule has 1 aromatic rings. The number of aliphatic imine (C=N–C) groups is 1. The van der Waals surface area contributed by atoms with Gasteiger partial charge < -0.3 is 25.0 Å². The minimum atomic E-state index is 0. The molecular weight excluding hydrogens is 455 g/mol. The van der Waals surface area contributed by atoms with Crippen molar-refractivity contribution in [2.75, 3.05) is 45.7 Å². The second-order valence-corrected chi connectivity index (χ2v) is 7.01. The molecule has 1 saturated heterocycles. The summed E-state index contributed by atoms with van der Waals surface area (Å²) in [6.45, 7) is 10.6. The average Bonchev–Trinajstić information content (AvgIpc) is 2.66. The Hall–Kier alpha value is -1.22. The van der Waals surface area contributed by atoms with Crippen LogP contribution in [0.3, 0.4) is 0 Å². The summed E-state index contributed by atoms with van der Waals surface area (Å²) in [5.41, 5.74) is 0.926. The smallest absolute Gasteiger partial charge is 0.195 e. The van der Waals surface area contributed by atoms with Crippen LogP contribution in [0.5, 0.6) is 11.5 Å². The first-order valence-corrected chi connectivity index (χ1v) is 9.58. The number of likely N-dealkylation sites (tertiary alicyclic amines) is 1. The van der Waals surface area contributed by atoms with E-state index >= 15 is 0 Å². The highest BCUT2D eigenvalue weighted by Gasteiger charge is 2.21. The van der Waals surface area contributed by atoms with Gasteiger partial charge in [-0.25, -0.2) is 0 Å². The number of benzene rings is 1. The Morgan fingerprint density at radius 2 is 2.00 bits per heavy atom. The van der Waals surface area contributed by atoms with E-state index in [0.717, 1.165) is 37.0 Å². The molecule has 154 valence electrons. The summed E-state index contributed by atoms with van der Waals surface area (Å²) in [5, 5.41) is 6.69. The van der Waals surface area contributed by atoms with Crippen LogP contribution in [0.25, 0.3) is 0 Å². The summed E-state index contributed by atoms with van der Waals surface area (Å²) in [4.78, 5) is 7.37. The fraction of sp³-hybridized carbons (Fsp3) is 0.650. The van der Waals surface area contributed by atoms with E-state index in [-0.39, 0.29) is 24.0 Å². The standard InChI is InChI=1S/C20H34N4O2.HI/c1-6-21-20(22-13-16-8-7-11-24(14-16)15(2)3)23-17-9-10-18(25-4)19(12-17)26-5;/h9-10,12,15-16H,6-8,11,13-14H2,1-5H3,(H2,21,22,23);1H. The lowest BCUT2D eigenvalue weighted by Gasteiger charge is -2.34. The van der Waals surface area contributed by atoms with Gasteiger partial charge in [-0.15, -0.1) is 24.0 Å². The van der Waals surface area contributed by atoms with E-state index in [9.17, 15) is 0 Å². The molecule has 2 N–H and O–H groups in total. The van der Waals surface area contributed by atoms with E-state index in [2.05, 4.69) is 36.3 Å². The van der Waals surface area contributed by atoms with Gasteiger partial charge in [-0.2, -0.15) is 0 Å². The molecule has 1 heterocycles.